The third-order valence-electron chi connectivity index (χ3n) is 2.95. The van der Waals surface area contributed by atoms with Crippen LogP contribution in [-0.2, 0) is 0 Å². The Morgan fingerprint density at radius 3 is 2.67 bits per heavy atom. The van der Waals surface area contributed by atoms with Crippen LogP contribution < -0.4 is 10.1 Å². The molecule has 21 heavy (non-hydrogen) atoms. The second kappa shape index (κ2) is 6.44. The summed E-state index contributed by atoms with van der Waals surface area (Å²) in [5, 5.41) is 3.01. The summed E-state index contributed by atoms with van der Waals surface area (Å²) >= 11 is 0. The van der Waals surface area contributed by atoms with Gasteiger partial charge in [-0.1, -0.05) is 6.92 Å². The van der Waals surface area contributed by atoms with E-state index in [1.807, 2.05) is 6.92 Å². The predicted octanol–water partition coefficient (Wildman–Crippen LogP) is 3.46. The van der Waals surface area contributed by atoms with Gasteiger partial charge in [0.2, 0.25) is 5.88 Å². The Morgan fingerprint density at radius 2 is 2.10 bits per heavy atom. The van der Waals surface area contributed by atoms with Gasteiger partial charge >= 0.3 is 12.3 Å². The zero-order valence-corrected chi connectivity index (χ0v) is 11.6. The van der Waals surface area contributed by atoms with Crippen molar-refractivity contribution < 1.29 is 22.3 Å². The lowest BCUT2D eigenvalue weighted by Crippen LogP contribution is -2.34. The van der Waals surface area contributed by atoms with Crippen molar-refractivity contribution in [2.24, 2.45) is 0 Å². The smallest absolute Gasteiger partial charge is 0.340 e. The van der Waals surface area contributed by atoms with Gasteiger partial charge in [0.25, 0.3) is 0 Å². The van der Waals surface area contributed by atoms with E-state index in [2.05, 4.69) is 15.3 Å². The number of nitrogens with one attached hydrogen (secondary N) is 1. The Labute approximate surface area is 119 Å². The van der Waals surface area contributed by atoms with Crippen molar-refractivity contribution in [1.29, 1.82) is 0 Å². The largest absolute Gasteiger partial charge is 0.471 e. The number of halogens is 4. The first kappa shape index (κ1) is 15.8. The van der Waals surface area contributed by atoms with E-state index in [0.29, 0.717) is 18.2 Å². The van der Waals surface area contributed by atoms with E-state index in [4.69, 9.17) is 4.74 Å². The molecule has 118 valence electrons. The summed E-state index contributed by atoms with van der Waals surface area (Å²) < 4.78 is 54.7. The van der Waals surface area contributed by atoms with E-state index in [1.54, 1.807) is 0 Å². The molecule has 0 aliphatic heterocycles. The number of rotatable bonds is 8. The molecule has 2 rings (SSSR count). The van der Waals surface area contributed by atoms with Crippen molar-refractivity contribution in [3.05, 3.63) is 11.9 Å². The highest BCUT2D eigenvalue weighted by Gasteiger charge is 2.42. The third-order valence-corrected chi connectivity index (χ3v) is 2.95. The van der Waals surface area contributed by atoms with Gasteiger partial charge in [0.05, 0.1) is 0 Å². The van der Waals surface area contributed by atoms with Gasteiger partial charge in [-0.2, -0.15) is 13.8 Å². The molecule has 0 bridgehead atoms. The Balaban J connectivity index is 2.08. The van der Waals surface area contributed by atoms with Gasteiger partial charge in [0.1, 0.15) is 11.6 Å². The number of hydrogen-bond donors (Lipinski definition) is 1. The summed E-state index contributed by atoms with van der Waals surface area (Å²) in [5.74, 6) is -3.13. The Morgan fingerprint density at radius 1 is 1.38 bits per heavy atom. The number of nitrogens with zero attached hydrogens (tertiary/aromatic N) is 2. The molecule has 0 radical (unpaired) electrons. The summed E-state index contributed by atoms with van der Waals surface area (Å²) in [4.78, 5) is 8.29. The van der Waals surface area contributed by atoms with Crippen LogP contribution in [0.15, 0.2) is 6.07 Å². The molecule has 8 heteroatoms. The van der Waals surface area contributed by atoms with E-state index < -0.39 is 19.0 Å². The van der Waals surface area contributed by atoms with E-state index in [0.717, 1.165) is 19.3 Å². The van der Waals surface area contributed by atoms with Crippen LogP contribution in [0.1, 0.15) is 37.9 Å². The molecule has 1 aliphatic rings. The van der Waals surface area contributed by atoms with E-state index >= 15 is 0 Å². The number of ether oxygens (including phenoxy) is 1. The fourth-order valence-corrected chi connectivity index (χ4v) is 1.62. The van der Waals surface area contributed by atoms with Crippen molar-refractivity contribution in [2.45, 2.75) is 44.5 Å². The molecule has 0 unspecified atom stereocenters. The zero-order valence-electron chi connectivity index (χ0n) is 11.6. The van der Waals surface area contributed by atoms with Gasteiger partial charge in [0.15, 0.2) is 6.61 Å². The summed E-state index contributed by atoms with van der Waals surface area (Å²) in [6, 6.07) is 1.35. The number of aromatic nitrogens is 2. The molecule has 0 amide bonds. The van der Waals surface area contributed by atoms with Crippen LogP contribution in [0.4, 0.5) is 23.4 Å². The lowest BCUT2D eigenvalue weighted by atomic mass is 10.3. The second-order valence-electron chi connectivity index (χ2n) is 5.00. The van der Waals surface area contributed by atoms with E-state index in [-0.39, 0.29) is 11.8 Å². The molecular weight excluding hydrogens is 290 g/mol. The van der Waals surface area contributed by atoms with Gasteiger partial charge in [-0.25, -0.2) is 13.8 Å². The minimum Gasteiger partial charge on any atom is -0.471 e. The molecule has 4 nitrogen and oxygen atoms in total. The lowest BCUT2D eigenvalue weighted by Gasteiger charge is -2.16. The first-order valence-electron chi connectivity index (χ1n) is 6.84. The maximum atomic E-state index is 12.9. The molecule has 1 heterocycles. The van der Waals surface area contributed by atoms with Crippen LogP contribution in [0.2, 0.25) is 0 Å². The summed E-state index contributed by atoms with van der Waals surface area (Å²) in [7, 11) is 0. The third kappa shape index (κ3) is 4.44. The molecule has 0 aromatic carbocycles. The molecule has 0 spiro atoms. The molecule has 0 saturated heterocycles. The highest BCUT2D eigenvalue weighted by atomic mass is 19.3. The number of anilines is 1. The SMILES string of the molecule is CCCNc1cc(OCC(F)(F)C(F)F)nc(C2CC2)n1. The van der Waals surface area contributed by atoms with Gasteiger partial charge in [-0.15, -0.1) is 0 Å². The average molecular weight is 307 g/mol. The molecule has 0 atom stereocenters. The molecular formula is C13H17F4N3O. The van der Waals surface area contributed by atoms with Crippen LogP contribution in [0.5, 0.6) is 5.88 Å². The molecule has 1 fully saturated rings. The predicted molar refractivity (Wildman–Crippen MR) is 69.2 cm³/mol. The molecule has 1 aromatic rings. The maximum absolute atomic E-state index is 12.9. The van der Waals surface area contributed by atoms with Crippen LogP contribution in [0, 0.1) is 0 Å². The van der Waals surface area contributed by atoms with Crippen molar-refractivity contribution in [3.63, 3.8) is 0 Å². The van der Waals surface area contributed by atoms with Crippen LogP contribution in [0.25, 0.3) is 0 Å². The standard InChI is InChI=1S/C13H17F4N3O/c1-2-5-18-9-6-10(20-11(19-9)8-3-4-8)21-7-13(16,17)12(14)15/h6,8,12H,2-5,7H2,1H3,(H,18,19,20). The summed E-state index contributed by atoms with van der Waals surface area (Å²) in [6.07, 6.45) is -1.03. The maximum Gasteiger partial charge on any atom is 0.340 e. The fourth-order valence-electron chi connectivity index (χ4n) is 1.62. The fraction of sp³-hybridized carbons (Fsp3) is 0.692. The first-order chi connectivity index (χ1) is 9.92. The van der Waals surface area contributed by atoms with E-state index in [1.165, 1.54) is 6.07 Å². The summed E-state index contributed by atoms with van der Waals surface area (Å²) in [5.41, 5.74) is 0. The Hall–Kier alpha value is -1.60. The van der Waals surface area contributed by atoms with Gasteiger partial charge < -0.3 is 10.1 Å². The van der Waals surface area contributed by atoms with Crippen LogP contribution in [-0.4, -0.2) is 35.5 Å². The van der Waals surface area contributed by atoms with Crippen LogP contribution in [0.3, 0.4) is 0 Å². The molecule has 1 N–H and O–H groups in total. The van der Waals surface area contributed by atoms with Gasteiger partial charge in [0, 0.05) is 18.5 Å². The summed E-state index contributed by atoms with van der Waals surface area (Å²) in [6.45, 7) is 1.23. The van der Waals surface area contributed by atoms with E-state index in [9.17, 15) is 17.6 Å². The quantitative estimate of drug-likeness (QED) is 0.747. The molecule has 1 aromatic heterocycles. The Bertz CT molecular complexity index is 480. The second-order valence-corrected chi connectivity index (χ2v) is 5.00. The Kier molecular flexibility index (Phi) is 4.84. The topological polar surface area (TPSA) is 47.0 Å². The van der Waals surface area contributed by atoms with Gasteiger partial charge in [-0.05, 0) is 19.3 Å². The normalized spacial score (nSPS) is 15.3. The monoisotopic (exact) mass is 307 g/mol. The van der Waals surface area contributed by atoms with Crippen molar-refractivity contribution in [3.8, 4) is 5.88 Å². The average Bonchev–Trinajstić information content (AvgIpc) is 3.27. The van der Waals surface area contributed by atoms with Crippen molar-refractivity contribution in [1.82, 2.24) is 9.97 Å². The van der Waals surface area contributed by atoms with Crippen molar-refractivity contribution in [2.75, 3.05) is 18.5 Å². The number of alkyl halides is 4. The van der Waals surface area contributed by atoms with Gasteiger partial charge in [-0.3, -0.25) is 0 Å². The highest BCUT2D eigenvalue weighted by molar-refractivity contribution is 5.39. The molecule has 1 saturated carbocycles. The zero-order chi connectivity index (χ0) is 15.5. The molecule has 1 aliphatic carbocycles. The highest BCUT2D eigenvalue weighted by Crippen LogP contribution is 2.39. The minimum absolute atomic E-state index is 0.106. The van der Waals surface area contributed by atoms with Crippen LogP contribution >= 0.6 is 0 Å². The number of hydrogen-bond acceptors (Lipinski definition) is 4. The minimum atomic E-state index is -4.19. The lowest BCUT2D eigenvalue weighted by molar-refractivity contribution is -0.148. The van der Waals surface area contributed by atoms with Crippen molar-refractivity contribution >= 4 is 5.82 Å². The first-order valence-corrected chi connectivity index (χ1v) is 6.84.